The lowest BCUT2D eigenvalue weighted by atomic mass is 9.83. The third-order valence-corrected chi connectivity index (χ3v) is 3.91. The van der Waals surface area contributed by atoms with E-state index in [4.69, 9.17) is 20.9 Å². The maximum atomic E-state index is 11.6. The first-order valence-electron chi connectivity index (χ1n) is 7.20. The molecular formula is C18H15N3O3. The number of ether oxygens (including phenoxy) is 2. The number of carbonyl (C=O) groups excluding carboxylic acids is 1. The van der Waals surface area contributed by atoms with Crippen molar-refractivity contribution in [2.75, 3.05) is 12.8 Å². The minimum Gasteiger partial charge on any atom is -0.465 e. The molecule has 1 aliphatic rings. The molecule has 0 saturated heterocycles. The zero-order valence-electron chi connectivity index (χ0n) is 12.9. The number of nitriles is 1. The molecule has 0 saturated carbocycles. The van der Waals surface area contributed by atoms with Crippen molar-refractivity contribution in [2.45, 2.75) is 5.92 Å². The van der Waals surface area contributed by atoms with Crippen LogP contribution in [-0.4, -0.2) is 13.1 Å². The van der Waals surface area contributed by atoms with Crippen LogP contribution >= 0.6 is 0 Å². The molecule has 6 heteroatoms. The van der Waals surface area contributed by atoms with Crippen molar-refractivity contribution in [1.82, 2.24) is 0 Å². The number of fused-ring (bicyclic) bond motifs is 1. The second-order valence-corrected chi connectivity index (χ2v) is 5.34. The minimum atomic E-state index is -0.419. The molecule has 1 atom stereocenters. The molecule has 0 spiro atoms. The first kappa shape index (κ1) is 15.4. The summed E-state index contributed by atoms with van der Waals surface area (Å²) in [6, 6.07) is 14.2. The maximum absolute atomic E-state index is 11.6. The largest absolute Gasteiger partial charge is 0.465 e. The lowest BCUT2D eigenvalue weighted by molar-refractivity contribution is 0.0600. The number of methoxy groups -OCH3 is 1. The summed E-state index contributed by atoms with van der Waals surface area (Å²) in [6.45, 7) is 0. The predicted octanol–water partition coefficient (Wildman–Crippen LogP) is 2.27. The first-order valence-corrected chi connectivity index (χ1v) is 7.20. The summed E-state index contributed by atoms with van der Waals surface area (Å²) in [5.74, 6) is -0.227. The molecule has 24 heavy (non-hydrogen) atoms. The number of nitrogens with zero attached hydrogens (tertiary/aromatic N) is 1. The van der Waals surface area contributed by atoms with Crippen molar-refractivity contribution in [2.24, 2.45) is 5.73 Å². The molecule has 0 amide bonds. The smallest absolute Gasteiger partial charge is 0.337 e. The summed E-state index contributed by atoms with van der Waals surface area (Å²) in [5.41, 5.74) is 14.6. The summed E-state index contributed by atoms with van der Waals surface area (Å²) < 4.78 is 10.2. The Labute approximate surface area is 138 Å². The van der Waals surface area contributed by atoms with Gasteiger partial charge < -0.3 is 20.9 Å². The second-order valence-electron chi connectivity index (χ2n) is 5.34. The van der Waals surface area contributed by atoms with Gasteiger partial charge in [-0.1, -0.05) is 18.2 Å². The standard InChI is InChI=1S/C18H15N3O3/c1-23-18(22)11-4-2-10(3-5-11)16-13-7-6-12(20)8-15(13)24-17(21)14(16)9-19/h2-8,16H,20-21H2,1H3/t16-/m1/s1. The van der Waals surface area contributed by atoms with Crippen LogP contribution in [0.5, 0.6) is 5.75 Å². The summed E-state index contributed by atoms with van der Waals surface area (Å²) >= 11 is 0. The van der Waals surface area contributed by atoms with E-state index in [-0.39, 0.29) is 11.8 Å². The molecule has 2 aromatic rings. The van der Waals surface area contributed by atoms with Crippen LogP contribution in [0.15, 0.2) is 53.9 Å². The van der Waals surface area contributed by atoms with Crippen LogP contribution in [0, 0.1) is 11.3 Å². The van der Waals surface area contributed by atoms with Gasteiger partial charge in [-0.3, -0.25) is 0 Å². The zero-order chi connectivity index (χ0) is 17.3. The van der Waals surface area contributed by atoms with Gasteiger partial charge in [0.05, 0.1) is 18.6 Å². The molecule has 3 rings (SSSR count). The van der Waals surface area contributed by atoms with Crippen LogP contribution < -0.4 is 16.2 Å². The number of esters is 1. The zero-order valence-corrected chi connectivity index (χ0v) is 12.9. The molecule has 1 aliphatic heterocycles. The molecule has 4 N–H and O–H groups in total. The third-order valence-electron chi connectivity index (χ3n) is 3.91. The van der Waals surface area contributed by atoms with Crippen molar-refractivity contribution in [1.29, 1.82) is 5.26 Å². The summed E-state index contributed by atoms with van der Waals surface area (Å²) in [6.07, 6.45) is 0. The fourth-order valence-electron chi connectivity index (χ4n) is 2.74. The highest BCUT2D eigenvalue weighted by atomic mass is 16.5. The van der Waals surface area contributed by atoms with E-state index in [2.05, 4.69) is 6.07 Å². The van der Waals surface area contributed by atoms with Gasteiger partial charge in [0.15, 0.2) is 0 Å². The van der Waals surface area contributed by atoms with E-state index in [9.17, 15) is 10.1 Å². The number of nitrogens with two attached hydrogens (primary N) is 2. The number of carbonyl (C=O) groups is 1. The van der Waals surface area contributed by atoms with Crippen LogP contribution in [0.1, 0.15) is 27.4 Å². The van der Waals surface area contributed by atoms with E-state index in [1.807, 2.05) is 6.07 Å². The maximum Gasteiger partial charge on any atom is 0.337 e. The van der Waals surface area contributed by atoms with E-state index >= 15 is 0 Å². The van der Waals surface area contributed by atoms with E-state index in [0.29, 0.717) is 22.6 Å². The van der Waals surface area contributed by atoms with Gasteiger partial charge in [0.2, 0.25) is 5.88 Å². The van der Waals surface area contributed by atoms with Gasteiger partial charge in [0, 0.05) is 17.3 Å². The summed E-state index contributed by atoms with van der Waals surface area (Å²) in [5, 5.41) is 9.49. The number of hydrogen-bond donors (Lipinski definition) is 2. The van der Waals surface area contributed by atoms with Crippen LogP contribution in [0.25, 0.3) is 0 Å². The molecule has 0 bridgehead atoms. The highest BCUT2D eigenvalue weighted by molar-refractivity contribution is 5.89. The molecule has 0 aromatic heterocycles. The lowest BCUT2D eigenvalue weighted by Crippen LogP contribution is -2.21. The Morgan fingerprint density at radius 1 is 1.21 bits per heavy atom. The van der Waals surface area contributed by atoms with Crippen molar-refractivity contribution in [3.8, 4) is 11.8 Å². The Balaban J connectivity index is 2.11. The van der Waals surface area contributed by atoms with Gasteiger partial charge >= 0.3 is 5.97 Å². The Kier molecular flexibility index (Phi) is 3.84. The minimum absolute atomic E-state index is 0.0534. The molecule has 120 valence electrons. The topological polar surface area (TPSA) is 111 Å². The average Bonchev–Trinajstić information content (AvgIpc) is 2.59. The quantitative estimate of drug-likeness (QED) is 0.648. The number of benzene rings is 2. The Morgan fingerprint density at radius 2 is 1.92 bits per heavy atom. The second kappa shape index (κ2) is 5.97. The molecule has 0 fully saturated rings. The normalized spacial score (nSPS) is 15.9. The molecule has 2 aromatic carbocycles. The Bertz CT molecular complexity index is 879. The van der Waals surface area contributed by atoms with Crippen LogP contribution in [0.2, 0.25) is 0 Å². The van der Waals surface area contributed by atoms with Gasteiger partial charge in [-0.2, -0.15) is 5.26 Å². The third kappa shape index (κ3) is 2.52. The predicted molar refractivity (Wildman–Crippen MR) is 87.9 cm³/mol. The average molecular weight is 321 g/mol. The van der Waals surface area contributed by atoms with Crippen molar-refractivity contribution < 1.29 is 14.3 Å². The molecular weight excluding hydrogens is 306 g/mol. The fourth-order valence-corrected chi connectivity index (χ4v) is 2.74. The summed E-state index contributed by atoms with van der Waals surface area (Å²) in [4.78, 5) is 11.6. The highest BCUT2D eigenvalue weighted by Crippen LogP contribution is 2.42. The summed E-state index contributed by atoms with van der Waals surface area (Å²) in [7, 11) is 1.33. The fraction of sp³-hybridized carbons (Fsp3) is 0.111. The monoisotopic (exact) mass is 321 g/mol. The van der Waals surface area contributed by atoms with Crippen molar-refractivity contribution >= 4 is 11.7 Å². The Morgan fingerprint density at radius 3 is 2.54 bits per heavy atom. The van der Waals surface area contributed by atoms with E-state index in [1.165, 1.54) is 7.11 Å². The number of allylic oxidation sites excluding steroid dienone is 1. The Hall–Kier alpha value is -3.46. The van der Waals surface area contributed by atoms with E-state index in [0.717, 1.165) is 11.1 Å². The van der Waals surface area contributed by atoms with Crippen molar-refractivity contribution in [3.05, 3.63) is 70.6 Å². The number of hydrogen-bond acceptors (Lipinski definition) is 6. The van der Waals surface area contributed by atoms with Crippen LogP contribution in [0.3, 0.4) is 0 Å². The first-order chi connectivity index (χ1) is 11.5. The van der Waals surface area contributed by atoms with E-state index in [1.54, 1.807) is 36.4 Å². The molecule has 1 heterocycles. The molecule has 0 radical (unpaired) electrons. The van der Waals surface area contributed by atoms with Gasteiger partial charge in [-0.15, -0.1) is 0 Å². The molecule has 0 unspecified atom stereocenters. The van der Waals surface area contributed by atoms with Gasteiger partial charge in [0.1, 0.15) is 17.4 Å². The molecule has 0 aliphatic carbocycles. The molecule has 6 nitrogen and oxygen atoms in total. The highest BCUT2D eigenvalue weighted by Gasteiger charge is 2.30. The number of rotatable bonds is 2. The number of anilines is 1. The SMILES string of the molecule is COC(=O)c1ccc([C@H]2C(C#N)=C(N)Oc3cc(N)ccc32)cc1. The van der Waals surface area contributed by atoms with Gasteiger partial charge in [-0.25, -0.2) is 4.79 Å². The van der Waals surface area contributed by atoms with Crippen LogP contribution in [0.4, 0.5) is 5.69 Å². The van der Waals surface area contributed by atoms with Crippen molar-refractivity contribution in [3.63, 3.8) is 0 Å². The van der Waals surface area contributed by atoms with Gasteiger partial charge in [0.25, 0.3) is 0 Å². The van der Waals surface area contributed by atoms with Crippen LogP contribution in [-0.2, 0) is 4.74 Å². The van der Waals surface area contributed by atoms with E-state index < -0.39 is 5.97 Å². The van der Waals surface area contributed by atoms with Gasteiger partial charge in [-0.05, 0) is 23.8 Å². The lowest BCUT2D eigenvalue weighted by Gasteiger charge is -2.26. The number of nitrogen functional groups attached to an aromatic ring is 1.